The molecular formula is C15H22O2. The van der Waals surface area contributed by atoms with Gasteiger partial charge in [-0.25, -0.2) is 0 Å². The van der Waals surface area contributed by atoms with Crippen LogP contribution in [0.2, 0.25) is 0 Å². The quantitative estimate of drug-likeness (QED) is 0.848. The van der Waals surface area contributed by atoms with Crippen LogP contribution in [0.3, 0.4) is 0 Å². The standard InChI is InChI=1S/C15H22O2/c1-11-4-7-14(17-9-12-5-6-12)13(8-11)15(2,3)10-16/h4,7-8,12,16H,5-6,9-10H2,1-3H3. The van der Waals surface area contributed by atoms with Gasteiger partial charge in [-0.15, -0.1) is 0 Å². The van der Waals surface area contributed by atoms with E-state index in [9.17, 15) is 5.11 Å². The Bertz CT molecular complexity index is 392. The Morgan fingerprint density at radius 2 is 2.06 bits per heavy atom. The minimum atomic E-state index is -0.245. The smallest absolute Gasteiger partial charge is 0.123 e. The molecule has 2 rings (SSSR count). The molecule has 1 fully saturated rings. The zero-order valence-electron chi connectivity index (χ0n) is 11.0. The molecule has 17 heavy (non-hydrogen) atoms. The number of aliphatic hydroxyl groups excluding tert-OH is 1. The molecular weight excluding hydrogens is 212 g/mol. The minimum Gasteiger partial charge on any atom is -0.493 e. The van der Waals surface area contributed by atoms with Gasteiger partial charge in [-0.1, -0.05) is 31.5 Å². The van der Waals surface area contributed by atoms with Crippen molar-refractivity contribution in [3.8, 4) is 5.75 Å². The fourth-order valence-corrected chi connectivity index (χ4v) is 1.88. The first-order valence-corrected chi connectivity index (χ1v) is 6.38. The number of hydrogen-bond donors (Lipinski definition) is 1. The Balaban J connectivity index is 2.22. The van der Waals surface area contributed by atoms with Gasteiger partial charge in [0.1, 0.15) is 5.75 Å². The number of aryl methyl sites for hydroxylation is 1. The second kappa shape index (κ2) is 4.69. The average molecular weight is 234 g/mol. The molecule has 0 atom stereocenters. The molecule has 94 valence electrons. The largest absolute Gasteiger partial charge is 0.493 e. The molecule has 1 aromatic carbocycles. The lowest BCUT2D eigenvalue weighted by molar-refractivity contribution is 0.211. The van der Waals surface area contributed by atoms with Gasteiger partial charge in [0.2, 0.25) is 0 Å². The molecule has 1 N–H and O–H groups in total. The summed E-state index contributed by atoms with van der Waals surface area (Å²) in [6.45, 7) is 7.12. The van der Waals surface area contributed by atoms with E-state index in [0.717, 1.165) is 23.8 Å². The fraction of sp³-hybridized carbons (Fsp3) is 0.600. The normalized spacial score (nSPS) is 16.0. The second-order valence-corrected chi connectivity index (χ2v) is 5.80. The Morgan fingerprint density at radius 1 is 1.35 bits per heavy atom. The molecule has 0 radical (unpaired) electrons. The number of rotatable bonds is 5. The zero-order chi connectivity index (χ0) is 12.5. The second-order valence-electron chi connectivity index (χ2n) is 5.80. The Morgan fingerprint density at radius 3 is 2.65 bits per heavy atom. The lowest BCUT2D eigenvalue weighted by Crippen LogP contribution is -2.23. The highest BCUT2D eigenvalue weighted by Crippen LogP contribution is 2.35. The van der Waals surface area contributed by atoms with Crippen molar-refractivity contribution in [2.45, 2.75) is 39.0 Å². The van der Waals surface area contributed by atoms with Crippen LogP contribution in [0.25, 0.3) is 0 Å². The maximum Gasteiger partial charge on any atom is 0.123 e. The van der Waals surface area contributed by atoms with E-state index in [2.05, 4.69) is 19.1 Å². The van der Waals surface area contributed by atoms with Crippen molar-refractivity contribution in [2.24, 2.45) is 5.92 Å². The molecule has 0 bridgehead atoms. The summed E-state index contributed by atoms with van der Waals surface area (Å²) < 4.78 is 5.89. The van der Waals surface area contributed by atoms with Gasteiger partial charge in [0.15, 0.2) is 0 Å². The number of hydrogen-bond acceptors (Lipinski definition) is 2. The van der Waals surface area contributed by atoms with E-state index in [4.69, 9.17) is 4.74 Å². The van der Waals surface area contributed by atoms with Gasteiger partial charge in [0.05, 0.1) is 13.2 Å². The molecule has 0 amide bonds. The Labute approximate surface area is 104 Å². The molecule has 1 aromatic rings. The topological polar surface area (TPSA) is 29.5 Å². The van der Waals surface area contributed by atoms with Crippen LogP contribution in [0.1, 0.15) is 37.8 Å². The van der Waals surface area contributed by atoms with Gasteiger partial charge < -0.3 is 9.84 Å². The minimum absolute atomic E-state index is 0.135. The van der Waals surface area contributed by atoms with Gasteiger partial charge in [0, 0.05) is 11.0 Å². The Hall–Kier alpha value is -1.02. The summed E-state index contributed by atoms with van der Waals surface area (Å²) in [4.78, 5) is 0. The van der Waals surface area contributed by atoms with Crippen LogP contribution < -0.4 is 4.74 Å². The van der Waals surface area contributed by atoms with Crippen molar-refractivity contribution in [3.63, 3.8) is 0 Å². The van der Waals surface area contributed by atoms with Crippen LogP contribution in [0.15, 0.2) is 18.2 Å². The number of benzene rings is 1. The van der Waals surface area contributed by atoms with Crippen molar-refractivity contribution < 1.29 is 9.84 Å². The molecule has 0 aliphatic heterocycles. The molecule has 0 unspecified atom stereocenters. The van der Waals surface area contributed by atoms with Gasteiger partial charge in [0.25, 0.3) is 0 Å². The van der Waals surface area contributed by atoms with Gasteiger partial charge in [-0.05, 0) is 31.7 Å². The fourth-order valence-electron chi connectivity index (χ4n) is 1.88. The maximum absolute atomic E-state index is 9.50. The molecule has 1 saturated carbocycles. The van der Waals surface area contributed by atoms with E-state index in [1.165, 1.54) is 18.4 Å². The highest BCUT2D eigenvalue weighted by atomic mass is 16.5. The highest BCUT2D eigenvalue weighted by Gasteiger charge is 2.26. The molecule has 2 nitrogen and oxygen atoms in total. The van der Waals surface area contributed by atoms with Gasteiger partial charge in [-0.3, -0.25) is 0 Å². The van der Waals surface area contributed by atoms with E-state index >= 15 is 0 Å². The van der Waals surface area contributed by atoms with Crippen molar-refractivity contribution in [1.82, 2.24) is 0 Å². The third kappa shape index (κ3) is 3.01. The lowest BCUT2D eigenvalue weighted by Gasteiger charge is -2.25. The van der Waals surface area contributed by atoms with Crippen molar-refractivity contribution >= 4 is 0 Å². The SMILES string of the molecule is Cc1ccc(OCC2CC2)c(C(C)(C)CO)c1. The van der Waals surface area contributed by atoms with Crippen LogP contribution in [-0.2, 0) is 5.41 Å². The molecule has 0 aromatic heterocycles. The van der Waals surface area contributed by atoms with Crippen LogP contribution >= 0.6 is 0 Å². The van der Waals surface area contributed by atoms with Crippen LogP contribution in [-0.4, -0.2) is 18.3 Å². The predicted octanol–water partition coefficient (Wildman–Crippen LogP) is 3.05. The summed E-state index contributed by atoms with van der Waals surface area (Å²) >= 11 is 0. The summed E-state index contributed by atoms with van der Waals surface area (Å²) in [5.74, 6) is 1.68. The van der Waals surface area contributed by atoms with Crippen LogP contribution in [0, 0.1) is 12.8 Å². The summed E-state index contributed by atoms with van der Waals surface area (Å²) in [7, 11) is 0. The molecule has 1 aliphatic carbocycles. The molecule has 1 aliphatic rings. The van der Waals surface area contributed by atoms with Crippen molar-refractivity contribution in [1.29, 1.82) is 0 Å². The Kier molecular flexibility index (Phi) is 3.43. The first kappa shape index (κ1) is 12.4. The first-order valence-electron chi connectivity index (χ1n) is 6.38. The molecule has 0 spiro atoms. The van der Waals surface area contributed by atoms with E-state index in [1.54, 1.807) is 0 Å². The van der Waals surface area contributed by atoms with E-state index < -0.39 is 0 Å². The first-order chi connectivity index (χ1) is 8.03. The van der Waals surface area contributed by atoms with Crippen LogP contribution in [0.4, 0.5) is 0 Å². The molecule has 0 heterocycles. The predicted molar refractivity (Wildman–Crippen MR) is 69.5 cm³/mol. The zero-order valence-corrected chi connectivity index (χ0v) is 11.0. The number of ether oxygens (including phenoxy) is 1. The summed E-state index contributed by atoms with van der Waals surface area (Å²) in [6, 6.07) is 6.22. The monoisotopic (exact) mass is 234 g/mol. The lowest BCUT2D eigenvalue weighted by atomic mass is 9.84. The van der Waals surface area contributed by atoms with E-state index in [-0.39, 0.29) is 12.0 Å². The molecule has 2 heteroatoms. The summed E-state index contributed by atoms with van der Waals surface area (Å²) in [5, 5.41) is 9.50. The third-order valence-electron chi connectivity index (χ3n) is 3.43. The third-order valence-corrected chi connectivity index (χ3v) is 3.43. The van der Waals surface area contributed by atoms with Crippen molar-refractivity contribution in [3.05, 3.63) is 29.3 Å². The molecule has 0 saturated heterocycles. The average Bonchev–Trinajstić information content (AvgIpc) is 3.11. The summed E-state index contributed by atoms with van der Waals surface area (Å²) in [6.07, 6.45) is 2.59. The summed E-state index contributed by atoms with van der Waals surface area (Å²) in [5.41, 5.74) is 2.08. The van der Waals surface area contributed by atoms with E-state index in [0.29, 0.717) is 0 Å². The van der Waals surface area contributed by atoms with E-state index in [1.807, 2.05) is 19.9 Å². The van der Waals surface area contributed by atoms with Crippen LogP contribution in [0.5, 0.6) is 5.75 Å². The number of aliphatic hydroxyl groups is 1. The van der Waals surface area contributed by atoms with Crippen molar-refractivity contribution in [2.75, 3.05) is 13.2 Å². The maximum atomic E-state index is 9.50. The van der Waals surface area contributed by atoms with Gasteiger partial charge in [-0.2, -0.15) is 0 Å². The highest BCUT2D eigenvalue weighted by molar-refractivity contribution is 5.41. The van der Waals surface area contributed by atoms with Gasteiger partial charge >= 0.3 is 0 Å².